The summed E-state index contributed by atoms with van der Waals surface area (Å²) in [7, 11) is 0. The first-order valence-electron chi connectivity index (χ1n) is 7.82. The van der Waals surface area contributed by atoms with Crippen molar-refractivity contribution in [3.63, 3.8) is 0 Å². The molecule has 0 radical (unpaired) electrons. The summed E-state index contributed by atoms with van der Waals surface area (Å²) in [5.74, 6) is 0.697. The van der Waals surface area contributed by atoms with Crippen LogP contribution in [0.15, 0.2) is 52.8 Å². The van der Waals surface area contributed by atoms with E-state index >= 15 is 0 Å². The molecule has 26 heavy (non-hydrogen) atoms. The lowest BCUT2D eigenvalue weighted by molar-refractivity contribution is 0.230. The highest BCUT2D eigenvalue weighted by Crippen LogP contribution is 2.33. The van der Waals surface area contributed by atoms with E-state index in [1.54, 1.807) is 30.5 Å². The van der Waals surface area contributed by atoms with Gasteiger partial charge in [-0.15, -0.1) is 0 Å². The number of nitrogens with one attached hydrogen (secondary N) is 1. The van der Waals surface area contributed by atoms with Gasteiger partial charge in [0.15, 0.2) is 5.84 Å². The van der Waals surface area contributed by atoms with E-state index in [1.165, 1.54) is 11.3 Å². The Labute approximate surface area is 148 Å². The first-order valence-corrected chi connectivity index (χ1v) is 7.82. The second kappa shape index (κ2) is 6.36. The van der Waals surface area contributed by atoms with Crippen LogP contribution in [-0.2, 0) is 0 Å². The summed E-state index contributed by atoms with van der Waals surface area (Å²) >= 11 is 0. The summed E-state index contributed by atoms with van der Waals surface area (Å²) in [6, 6.07) is 10.9. The van der Waals surface area contributed by atoms with Crippen molar-refractivity contribution in [2.45, 2.75) is 6.17 Å². The van der Waals surface area contributed by atoms with Gasteiger partial charge in [0, 0.05) is 11.8 Å². The summed E-state index contributed by atoms with van der Waals surface area (Å²) in [5, 5.41) is 20.2. The summed E-state index contributed by atoms with van der Waals surface area (Å²) in [6.45, 7) is -0.191. The van der Waals surface area contributed by atoms with Gasteiger partial charge in [-0.3, -0.25) is 0 Å². The molecule has 0 saturated carbocycles. The van der Waals surface area contributed by atoms with Gasteiger partial charge in [0.25, 0.3) is 0 Å². The number of benzene rings is 1. The van der Waals surface area contributed by atoms with E-state index in [-0.39, 0.29) is 12.6 Å². The van der Waals surface area contributed by atoms with Crippen LogP contribution in [0.1, 0.15) is 16.8 Å². The largest absolute Gasteiger partial charge is 0.393 e. The van der Waals surface area contributed by atoms with Crippen LogP contribution >= 0.6 is 0 Å². The van der Waals surface area contributed by atoms with E-state index in [2.05, 4.69) is 31.4 Å². The molecule has 1 unspecified atom stereocenters. The quantitative estimate of drug-likeness (QED) is 0.716. The molecular weight excluding hydrogens is 332 g/mol. The molecule has 2 aliphatic rings. The van der Waals surface area contributed by atoms with E-state index in [9.17, 15) is 10.4 Å². The van der Waals surface area contributed by atoms with Crippen molar-refractivity contribution in [2.24, 2.45) is 15.7 Å². The van der Waals surface area contributed by atoms with Gasteiger partial charge in [-0.1, -0.05) is 12.1 Å². The lowest BCUT2D eigenvalue weighted by atomic mass is 10.00. The fraction of sp³-hybridized carbons (Fsp3) is 0.118. The number of amidine groups is 1. The van der Waals surface area contributed by atoms with Crippen LogP contribution in [0.4, 0.5) is 0 Å². The number of aromatic nitrogens is 2. The number of aliphatic hydroxyl groups is 1. The molecule has 0 spiro atoms. The van der Waals surface area contributed by atoms with Crippen LogP contribution in [0, 0.1) is 11.3 Å². The smallest absolute Gasteiger partial charge is 0.217 e. The van der Waals surface area contributed by atoms with Crippen LogP contribution < -0.4 is 11.2 Å². The van der Waals surface area contributed by atoms with Gasteiger partial charge >= 0.3 is 0 Å². The number of nitrogens with zero attached hydrogens (tertiary/aromatic N) is 6. The Kier molecular flexibility index (Phi) is 3.89. The van der Waals surface area contributed by atoms with Crippen molar-refractivity contribution in [1.29, 1.82) is 5.26 Å². The van der Waals surface area contributed by atoms with Crippen molar-refractivity contribution in [1.82, 2.24) is 20.4 Å². The fourth-order valence-electron chi connectivity index (χ4n) is 2.82. The van der Waals surface area contributed by atoms with E-state index in [0.717, 1.165) is 5.56 Å². The standard InChI is InChI=1S/C17H14N8O/c18-7-10-2-1-3-11(6-10)15-14(12-4-5-20-9-21-12)16-22-13(8-26)24-25(16)17(19)23-15/h1-6,9,13,24,26H,8H2,(H2,19,23). The molecule has 1 aromatic heterocycles. The van der Waals surface area contributed by atoms with Crippen molar-refractivity contribution in [2.75, 3.05) is 6.61 Å². The highest BCUT2D eigenvalue weighted by Gasteiger charge is 2.35. The number of hydrogen-bond acceptors (Lipinski definition) is 9. The topological polar surface area (TPSA) is 136 Å². The number of guanidine groups is 1. The molecule has 1 aromatic carbocycles. The number of nitrogens with two attached hydrogens (primary N) is 1. The molecule has 0 saturated heterocycles. The third-order valence-corrected chi connectivity index (χ3v) is 3.96. The highest BCUT2D eigenvalue weighted by molar-refractivity contribution is 6.34. The maximum Gasteiger partial charge on any atom is 0.217 e. The zero-order valence-electron chi connectivity index (χ0n) is 13.5. The molecule has 1 atom stereocenters. The minimum Gasteiger partial charge on any atom is -0.393 e. The maximum atomic E-state index is 9.45. The van der Waals surface area contributed by atoms with Gasteiger partial charge in [-0.05, 0) is 18.2 Å². The first-order chi connectivity index (χ1) is 12.7. The summed E-state index contributed by atoms with van der Waals surface area (Å²) in [5.41, 5.74) is 12.1. The van der Waals surface area contributed by atoms with Crippen molar-refractivity contribution in [3.05, 3.63) is 59.7 Å². The Morgan fingerprint density at radius 3 is 2.96 bits per heavy atom. The predicted molar refractivity (Wildman–Crippen MR) is 94.9 cm³/mol. The molecule has 3 heterocycles. The van der Waals surface area contributed by atoms with Crippen molar-refractivity contribution in [3.8, 4) is 6.07 Å². The molecule has 128 valence electrons. The Balaban J connectivity index is 1.98. The Morgan fingerprint density at radius 1 is 1.35 bits per heavy atom. The zero-order chi connectivity index (χ0) is 18.1. The average molecular weight is 346 g/mol. The summed E-state index contributed by atoms with van der Waals surface area (Å²) in [4.78, 5) is 17.3. The first kappa shape index (κ1) is 15.9. The molecule has 0 amide bonds. The SMILES string of the molecule is N#Cc1cccc(C2=C(c3ccncn3)C3=NC(CO)NN3C(N)=N2)c1. The van der Waals surface area contributed by atoms with Gasteiger partial charge in [-0.25, -0.2) is 25.0 Å². The number of hydrogen-bond donors (Lipinski definition) is 3. The third kappa shape index (κ3) is 2.59. The fourth-order valence-corrected chi connectivity index (χ4v) is 2.82. The number of aliphatic hydroxyl groups excluding tert-OH is 1. The van der Waals surface area contributed by atoms with Gasteiger partial charge in [-0.2, -0.15) is 10.7 Å². The molecule has 4 N–H and O–H groups in total. The maximum absolute atomic E-state index is 9.45. The van der Waals surface area contributed by atoms with Crippen LogP contribution in [0.2, 0.25) is 0 Å². The molecule has 9 nitrogen and oxygen atoms in total. The number of hydrazine groups is 1. The van der Waals surface area contributed by atoms with E-state index in [1.807, 2.05) is 6.07 Å². The Hall–Kier alpha value is -3.61. The molecule has 0 aliphatic carbocycles. The number of rotatable bonds is 3. The second-order valence-electron chi connectivity index (χ2n) is 5.60. The molecule has 2 aromatic rings. The third-order valence-electron chi connectivity index (χ3n) is 3.96. The van der Waals surface area contributed by atoms with Crippen molar-refractivity contribution >= 4 is 23.1 Å². The van der Waals surface area contributed by atoms with Crippen LogP contribution in [0.25, 0.3) is 11.3 Å². The number of fused-ring (bicyclic) bond motifs is 1. The molecule has 0 fully saturated rings. The average Bonchev–Trinajstić information content (AvgIpc) is 3.13. The predicted octanol–water partition coefficient (Wildman–Crippen LogP) is 0.0820. The Bertz CT molecular complexity index is 989. The lowest BCUT2D eigenvalue weighted by Crippen LogP contribution is -2.51. The van der Waals surface area contributed by atoms with Gasteiger partial charge in [0.1, 0.15) is 12.5 Å². The normalized spacial score (nSPS) is 18.9. The number of nitriles is 1. The van der Waals surface area contributed by atoms with Gasteiger partial charge < -0.3 is 10.8 Å². The van der Waals surface area contributed by atoms with Gasteiger partial charge in [0.2, 0.25) is 5.96 Å². The van der Waals surface area contributed by atoms with Crippen LogP contribution in [0.5, 0.6) is 0 Å². The number of aliphatic imine (C=N–C) groups is 2. The molecule has 2 aliphatic heterocycles. The highest BCUT2D eigenvalue weighted by atomic mass is 16.3. The van der Waals surface area contributed by atoms with E-state index in [0.29, 0.717) is 28.4 Å². The minimum absolute atomic E-state index is 0.190. The zero-order valence-corrected chi connectivity index (χ0v) is 13.5. The summed E-state index contributed by atoms with van der Waals surface area (Å²) in [6.07, 6.45) is 2.53. The molecule has 0 bridgehead atoms. The molecule has 4 rings (SSSR count). The van der Waals surface area contributed by atoms with E-state index in [4.69, 9.17) is 5.73 Å². The lowest BCUT2D eigenvalue weighted by Gasteiger charge is -2.26. The van der Waals surface area contributed by atoms with Crippen molar-refractivity contribution < 1.29 is 5.11 Å². The van der Waals surface area contributed by atoms with Gasteiger partial charge in [0.05, 0.1) is 35.2 Å². The monoisotopic (exact) mass is 346 g/mol. The van der Waals surface area contributed by atoms with Crippen LogP contribution in [0.3, 0.4) is 0 Å². The minimum atomic E-state index is -0.527. The summed E-state index contributed by atoms with van der Waals surface area (Å²) < 4.78 is 0. The van der Waals surface area contributed by atoms with E-state index < -0.39 is 6.17 Å². The molecular formula is C17H14N8O. The second-order valence-corrected chi connectivity index (χ2v) is 5.60. The molecule has 9 heteroatoms. The van der Waals surface area contributed by atoms with Crippen LogP contribution in [-0.4, -0.2) is 44.7 Å². The Morgan fingerprint density at radius 2 is 2.23 bits per heavy atom.